The molecule has 1 aromatic heterocycles. The summed E-state index contributed by atoms with van der Waals surface area (Å²) in [6, 6.07) is 3.04. The minimum absolute atomic E-state index is 0.0795. The molecular formula is C23H28Cl2N4O5. The third-order valence-electron chi connectivity index (χ3n) is 4.80. The monoisotopic (exact) mass is 510 g/mol. The van der Waals surface area contributed by atoms with Crippen molar-refractivity contribution < 1.29 is 23.9 Å². The van der Waals surface area contributed by atoms with Gasteiger partial charge in [-0.2, -0.15) is 0 Å². The van der Waals surface area contributed by atoms with E-state index in [9.17, 15) is 14.4 Å². The Kier molecular flexibility index (Phi) is 11.0. The second-order valence-electron chi connectivity index (χ2n) is 7.36. The van der Waals surface area contributed by atoms with Gasteiger partial charge in [-0.05, 0) is 43.9 Å². The standard InChI is InChI=1S/C23H28Cl2N4O5/c1-4-15(3)22(31)18-9-10-19(21(25)20(18)24)34-14-17(30)8-6-7-11-29-13-16(27-28-29)12-26-23(32)33-5-2/h9-10,13H,3-8,11-12,14H2,1-2H3,(H,26,32). The van der Waals surface area contributed by atoms with Crippen LogP contribution in [-0.4, -0.2) is 45.9 Å². The lowest BCUT2D eigenvalue weighted by Gasteiger charge is -2.11. The number of nitrogens with zero attached hydrogens (tertiary/aromatic N) is 3. The van der Waals surface area contributed by atoms with Crippen LogP contribution in [0, 0.1) is 0 Å². The van der Waals surface area contributed by atoms with Gasteiger partial charge in [0.1, 0.15) is 23.1 Å². The van der Waals surface area contributed by atoms with Gasteiger partial charge < -0.3 is 14.8 Å². The van der Waals surface area contributed by atoms with Gasteiger partial charge in [0.15, 0.2) is 11.6 Å². The average Bonchev–Trinajstić information content (AvgIpc) is 3.28. The van der Waals surface area contributed by atoms with Crippen LogP contribution in [0.4, 0.5) is 4.79 Å². The van der Waals surface area contributed by atoms with Crippen molar-refractivity contribution in [2.45, 2.75) is 52.6 Å². The first-order chi connectivity index (χ1) is 16.3. The normalized spacial score (nSPS) is 10.6. The maximum atomic E-state index is 12.3. The summed E-state index contributed by atoms with van der Waals surface area (Å²) in [7, 11) is 0. The van der Waals surface area contributed by atoms with Crippen molar-refractivity contribution in [1.29, 1.82) is 0 Å². The van der Waals surface area contributed by atoms with Gasteiger partial charge in [-0.1, -0.05) is 41.9 Å². The number of carbonyl (C=O) groups excluding carboxylic acids is 3. The number of benzene rings is 1. The van der Waals surface area contributed by atoms with Crippen molar-refractivity contribution in [2.75, 3.05) is 13.2 Å². The molecule has 0 aliphatic heterocycles. The fraction of sp³-hybridized carbons (Fsp3) is 0.435. The molecule has 184 valence electrons. The van der Waals surface area contributed by atoms with E-state index in [2.05, 4.69) is 22.2 Å². The molecule has 2 rings (SSSR count). The average molecular weight is 511 g/mol. The zero-order chi connectivity index (χ0) is 25.1. The number of amides is 1. The van der Waals surface area contributed by atoms with Crippen molar-refractivity contribution >= 4 is 40.9 Å². The molecule has 0 saturated carbocycles. The molecule has 11 heteroatoms. The minimum atomic E-state index is -0.506. The number of aromatic nitrogens is 3. The van der Waals surface area contributed by atoms with E-state index in [1.54, 1.807) is 17.8 Å². The molecule has 0 spiro atoms. The van der Waals surface area contributed by atoms with Crippen LogP contribution in [-0.2, 0) is 22.6 Å². The zero-order valence-corrected chi connectivity index (χ0v) is 20.7. The van der Waals surface area contributed by atoms with Gasteiger partial charge in [0.05, 0.1) is 24.4 Å². The molecule has 1 heterocycles. The molecule has 0 saturated heterocycles. The molecule has 2 aromatic rings. The lowest BCUT2D eigenvalue weighted by atomic mass is 10.0. The molecule has 1 N–H and O–H groups in total. The van der Waals surface area contributed by atoms with E-state index in [1.807, 2.05) is 6.92 Å². The largest absolute Gasteiger partial charge is 0.484 e. The van der Waals surface area contributed by atoms with E-state index in [0.717, 1.165) is 0 Å². The van der Waals surface area contributed by atoms with E-state index in [-0.39, 0.29) is 46.1 Å². The molecule has 9 nitrogen and oxygen atoms in total. The molecule has 0 atom stereocenters. The summed E-state index contributed by atoms with van der Waals surface area (Å²) in [6.45, 7) is 8.23. The summed E-state index contributed by atoms with van der Waals surface area (Å²) in [4.78, 5) is 35.8. The first kappa shape index (κ1) is 27.3. The van der Waals surface area contributed by atoms with E-state index in [1.165, 1.54) is 12.1 Å². The lowest BCUT2D eigenvalue weighted by Crippen LogP contribution is -2.23. The number of alkyl carbamates (subject to hydrolysis) is 1. The van der Waals surface area contributed by atoms with Gasteiger partial charge in [0.2, 0.25) is 0 Å². The number of carbonyl (C=O) groups is 3. The van der Waals surface area contributed by atoms with Crippen LogP contribution in [0.15, 0.2) is 30.5 Å². The highest BCUT2D eigenvalue weighted by Crippen LogP contribution is 2.35. The number of hydrogen-bond acceptors (Lipinski definition) is 7. The van der Waals surface area contributed by atoms with Crippen molar-refractivity contribution in [2.24, 2.45) is 0 Å². The Morgan fingerprint density at radius 2 is 1.91 bits per heavy atom. The van der Waals surface area contributed by atoms with Crippen LogP contribution in [0.2, 0.25) is 10.0 Å². The fourth-order valence-electron chi connectivity index (χ4n) is 2.87. The number of ether oxygens (including phenoxy) is 2. The summed E-state index contributed by atoms with van der Waals surface area (Å²) in [5, 5.41) is 10.7. The number of aryl methyl sites for hydroxylation is 1. The third-order valence-corrected chi connectivity index (χ3v) is 5.66. The first-order valence-electron chi connectivity index (χ1n) is 10.9. The van der Waals surface area contributed by atoms with Gasteiger partial charge in [-0.15, -0.1) is 5.10 Å². The highest BCUT2D eigenvalue weighted by Gasteiger charge is 2.18. The number of unbranched alkanes of at least 4 members (excludes halogenated alkanes) is 1. The predicted octanol–water partition coefficient (Wildman–Crippen LogP) is 4.80. The number of allylic oxidation sites excluding steroid dienone is 1. The number of hydrogen-bond donors (Lipinski definition) is 1. The maximum absolute atomic E-state index is 12.3. The maximum Gasteiger partial charge on any atom is 0.407 e. The van der Waals surface area contributed by atoms with Crippen molar-refractivity contribution in [1.82, 2.24) is 20.3 Å². The van der Waals surface area contributed by atoms with Crippen LogP contribution in [0.25, 0.3) is 0 Å². The van der Waals surface area contributed by atoms with Crippen LogP contribution >= 0.6 is 23.2 Å². The Hall–Kier alpha value is -2.91. The molecule has 1 amide bonds. The zero-order valence-electron chi connectivity index (χ0n) is 19.2. The quantitative estimate of drug-likeness (QED) is 0.220. The Balaban J connectivity index is 1.73. The van der Waals surface area contributed by atoms with Crippen LogP contribution < -0.4 is 10.1 Å². The third kappa shape index (κ3) is 8.14. The van der Waals surface area contributed by atoms with Crippen LogP contribution in [0.1, 0.15) is 55.6 Å². The van der Waals surface area contributed by atoms with Gasteiger partial charge in [0.25, 0.3) is 0 Å². The number of halogens is 2. The Bertz CT molecular complexity index is 1040. The Morgan fingerprint density at radius 3 is 2.62 bits per heavy atom. The van der Waals surface area contributed by atoms with E-state index in [0.29, 0.717) is 50.1 Å². The minimum Gasteiger partial charge on any atom is -0.484 e. The van der Waals surface area contributed by atoms with Crippen molar-refractivity contribution in [3.63, 3.8) is 0 Å². The smallest absolute Gasteiger partial charge is 0.407 e. The van der Waals surface area contributed by atoms with Crippen LogP contribution in [0.5, 0.6) is 5.75 Å². The molecular weight excluding hydrogens is 483 g/mol. The SMILES string of the molecule is C=C(CC)C(=O)c1ccc(OCC(=O)CCCCn2cc(CNC(=O)OCC)nn2)c(Cl)c1Cl. The van der Waals surface area contributed by atoms with E-state index in [4.69, 9.17) is 32.7 Å². The number of rotatable bonds is 14. The summed E-state index contributed by atoms with van der Waals surface area (Å²) >= 11 is 12.5. The van der Waals surface area contributed by atoms with E-state index < -0.39 is 6.09 Å². The van der Waals surface area contributed by atoms with E-state index >= 15 is 0 Å². The molecule has 0 aliphatic carbocycles. The molecule has 0 radical (unpaired) electrons. The summed E-state index contributed by atoms with van der Waals surface area (Å²) in [5.41, 5.74) is 1.29. The predicted molar refractivity (Wildman–Crippen MR) is 128 cm³/mol. The van der Waals surface area contributed by atoms with Crippen LogP contribution in [0.3, 0.4) is 0 Å². The first-order valence-corrected chi connectivity index (χ1v) is 11.7. The highest BCUT2D eigenvalue weighted by atomic mass is 35.5. The Morgan fingerprint density at radius 1 is 1.15 bits per heavy atom. The summed E-state index contributed by atoms with van der Waals surface area (Å²) in [5.74, 6) is -0.123. The molecule has 1 aromatic carbocycles. The summed E-state index contributed by atoms with van der Waals surface area (Å²) < 4.78 is 11.9. The topological polar surface area (TPSA) is 112 Å². The lowest BCUT2D eigenvalue weighted by molar-refractivity contribution is -0.121. The van der Waals surface area contributed by atoms with Gasteiger partial charge >= 0.3 is 6.09 Å². The number of Topliss-reactive ketones (excluding diaryl/α,β-unsaturated/α-hetero) is 2. The number of nitrogens with one attached hydrogen (secondary N) is 1. The molecule has 0 bridgehead atoms. The molecule has 0 unspecified atom stereocenters. The Labute approximate surface area is 208 Å². The number of ketones is 2. The van der Waals surface area contributed by atoms with Crippen molar-refractivity contribution in [3.05, 3.63) is 51.8 Å². The second kappa shape index (κ2) is 13.7. The highest BCUT2D eigenvalue weighted by molar-refractivity contribution is 6.45. The van der Waals surface area contributed by atoms with Crippen molar-refractivity contribution in [3.8, 4) is 5.75 Å². The molecule has 34 heavy (non-hydrogen) atoms. The fourth-order valence-corrected chi connectivity index (χ4v) is 3.33. The molecule has 0 fully saturated rings. The van der Waals surface area contributed by atoms with Gasteiger partial charge in [-0.25, -0.2) is 4.79 Å². The molecule has 0 aliphatic rings. The summed E-state index contributed by atoms with van der Waals surface area (Å²) in [6.07, 6.45) is 3.40. The van der Waals surface area contributed by atoms with Gasteiger partial charge in [0, 0.05) is 18.5 Å². The van der Waals surface area contributed by atoms with Gasteiger partial charge in [-0.3, -0.25) is 14.3 Å². The second-order valence-corrected chi connectivity index (χ2v) is 8.11.